The highest BCUT2D eigenvalue weighted by molar-refractivity contribution is 7.85. The highest BCUT2D eigenvalue weighted by Gasteiger charge is 1.59. The van der Waals surface area contributed by atoms with Gasteiger partial charge < -0.3 is 5.32 Å². The Balaban J connectivity index is 2.79. The molecule has 0 saturated heterocycles. The summed E-state index contributed by atoms with van der Waals surface area (Å²) in [7, 11) is 1.85. The quantitative estimate of drug-likeness (QED) is 0.352. The molecule has 0 aliphatic heterocycles. The summed E-state index contributed by atoms with van der Waals surface area (Å²) in [4.78, 5) is 0. The lowest BCUT2D eigenvalue weighted by Crippen LogP contribution is -2.03. The largest absolute Gasteiger partial charge is 0.309 e. The molecule has 0 aliphatic carbocycles. The third-order valence-corrected chi connectivity index (χ3v) is 0.502. The van der Waals surface area contributed by atoms with E-state index in [1.165, 1.54) is 0 Å². The molecule has 0 atom stereocenters. The molecule has 0 spiro atoms. The van der Waals surface area contributed by atoms with Crippen LogP contribution in [0.3, 0.4) is 0 Å². The summed E-state index contributed by atoms with van der Waals surface area (Å²) < 4.78 is 0. The van der Waals surface area contributed by atoms with Gasteiger partial charge in [0.15, 0.2) is 0 Å². The minimum atomic E-state index is 0.726. The average Bonchev–Trinajstić information content (AvgIpc) is 1.61. The van der Waals surface area contributed by atoms with E-state index in [0.29, 0.717) is 0 Å². The van der Waals surface area contributed by atoms with Crippen molar-refractivity contribution in [3.05, 3.63) is 0 Å². The maximum absolute atomic E-state index is 3.65. The Morgan fingerprint density at radius 3 is 2.67 bits per heavy atom. The summed E-state index contributed by atoms with van der Waals surface area (Å²) in [5, 5.41) is 5.30. The molecule has 0 aromatic carbocycles. The SMILES string of the molecule is CNCC#CS. The molecule has 0 aromatic heterocycles. The molecule has 2 heteroatoms. The van der Waals surface area contributed by atoms with Crippen molar-refractivity contribution in [3.63, 3.8) is 0 Å². The van der Waals surface area contributed by atoms with E-state index in [1.807, 2.05) is 7.05 Å². The van der Waals surface area contributed by atoms with Crippen LogP contribution in [0.4, 0.5) is 0 Å². The van der Waals surface area contributed by atoms with Gasteiger partial charge in [-0.15, -0.1) is 0 Å². The standard InChI is InChI=1S/C4H7NS/c1-5-3-2-4-6/h5-6H,3H2,1H3. The third kappa shape index (κ3) is 3.87. The van der Waals surface area contributed by atoms with Crippen LogP contribution in [0.2, 0.25) is 0 Å². The lowest BCUT2D eigenvalue weighted by Gasteiger charge is -1.77. The second kappa shape index (κ2) is 4.87. The molecule has 0 radical (unpaired) electrons. The maximum atomic E-state index is 3.65. The Morgan fingerprint density at radius 1 is 1.83 bits per heavy atom. The van der Waals surface area contributed by atoms with Crippen LogP contribution >= 0.6 is 12.6 Å². The molecule has 0 fully saturated rings. The fraction of sp³-hybridized carbons (Fsp3) is 0.500. The van der Waals surface area contributed by atoms with Gasteiger partial charge in [0.05, 0.1) is 6.54 Å². The Labute approximate surface area is 43.5 Å². The third-order valence-electron chi connectivity index (χ3n) is 0.344. The van der Waals surface area contributed by atoms with Crippen molar-refractivity contribution >= 4 is 12.6 Å². The number of nitrogens with one attached hydrogen (secondary N) is 1. The van der Waals surface area contributed by atoms with Gasteiger partial charge in [0, 0.05) is 0 Å². The van der Waals surface area contributed by atoms with Crippen molar-refractivity contribution in [2.45, 2.75) is 0 Å². The summed E-state index contributed by atoms with van der Waals surface area (Å²) in [5.74, 6) is 2.70. The van der Waals surface area contributed by atoms with Crippen molar-refractivity contribution in [1.82, 2.24) is 5.32 Å². The van der Waals surface area contributed by atoms with E-state index in [4.69, 9.17) is 0 Å². The van der Waals surface area contributed by atoms with Crippen LogP contribution in [0, 0.1) is 11.2 Å². The van der Waals surface area contributed by atoms with Crippen molar-refractivity contribution in [3.8, 4) is 11.2 Å². The van der Waals surface area contributed by atoms with E-state index in [9.17, 15) is 0 Å². The Bertz CT molecular complexity index is 69.4. The van der Waals surface area contributed by atoms with E-state index < -0.39 is 0 Å². The van der Waals surface area contributed by atoms with Crippen LogP contribution in [0.25, 0.3) is 0 Å². The van der Waals surface area contributed by atoms with Gasteiger partial charge in [0.2, 0.25) is 0 Å². The van der Waals surface area contributed by atoms with Crippen LogP contribution in [0.15, 0.2) is 0 Å². The molecule has 0 aromatic rings. The predicted molar refractivity (Wildman–Crippen MR) is 30.7 cm³/mol. The van der Waals surface area contributed by atoms with Crippen LogP contribution in [0.5, 0.6) is 0 Å². The highest BCUT2D eigenvalue weighted by Crippen LogP contribution is 1.57. The summed E-state index contributed by atoms with van der Waals surface area (Å²) in [6.07, 6.45) is 0. The van der Waals surface area contributed by atoms with E-state index in [1.54, 1.807) is 0 Å². The molecule has 0 amide bonds. The van der Waals surface area contributed by atoms with Crippen molar-refractivity contribution < 1.29 is 0 Å². The summed E-state index contributed by atoms with van der Waals surface area (Å²) in [6, 6.07) is 0. The smallest absolute Gasteiger partial charge is 0.0582 e. The minimum absolute atomic E-state index is 0.726. The summed E-state index contributed by atoms with van der Waals surface area (Å²) in [6.45, 7) is 0.726. The predicted octanol–water partition coefficient (Wildman–Crippen LogP) is 0.0965. The Hall–Kier alpha value is -0.130. The number of hydrogen-bond acceptors (Lipinski definition) is 2. The van der Waals surface area contributed by atoms with Crippen LogP contribution in [0.1, 0.15) is 0 Å². The molecule has 0 rings (SSSR count). The first-order valence-electron chi connectivity index (χ1n) is 1.68. The zero-order chi connectivity index (χ0) is 4.83. The van der Waals surface area contributed by atoms with Gasteiger partial charge in [-0.3, -0.25) is 0 Å². The van der Waals surface area contributed by atoms with E-state index in [-0.39, 0.29) is 0 Å². The first-order chi connectivity index (χ1) is 2.91. The monoisotopic (exact) mass is 101 g/mol. The molecule has 34 valence electrons. The first-order valence-corrected chi connectivity index (χ1v) is 2.13. The summed E-state index contributed by atoms with van der Waals surface area (Å²) >= 11 is 3.65. The molecule has 1 N–H and O–H groups in total. The van der Waals surface area contributed by atoms with Gasteiger partial charge >= 0.3 is 0 Å². The van der Waals surface area contributed by atoms with Crippen LogP contribution < -0.4 is 5.32 Å². The van der Waals surface area contributed by atoms with Gasteiger partial charge in [-0.1, -0.05) is 18.5 Å². The Morgan fingerprint density at radius 2 is 2.50 bits per heavy atom. The molecule has 0 aliphatic rings. The van der Waals surface area contributed by atoms with Crippen LogP contribution in [-0.4, -0.2) is 13.6 Å². The van der Waals surface area contributed by atoms with Crippen molar-refractivity contribution in [2.24, 2.45) is 0 Å². The average molecular weight is 101 g/mol. The number of thiol groups is 1. The van der Waals surface area contributed by atoms with E-state index >= 15 is 0 Å². The number of rotatable bonds is 1. The highest BCUT2D eigenvalue weighted by atomic mass is 32.1. The van der Waals surface area contributed by atoms with E-state index in [2.05, 4.69) is 29.1 Å². The molecular formula is C4H7NS. The zero-order valence-corrected chi connectivity index (χ0v) is 4.55. The molecular weight excluding hydrogens is 94.1 g/mol. The lowest BCUT2D eigenvalue weighted by molar-refractivity contribution is 0.939. The second-order valence-electron chi connectivity index (χ2n) is 0.819. The lowest BCUT2D eigenvalue weighted by atomic mass is 10.7. The Kier molecular flexibility index (Phi) is 4.76. The maximum Gasteiger partial charge on any atom is 0.0582 e. The van der Waals surface area contributed by atoms with Crippen LogP contribution in [-0.2, 0) is 0 Å². The van der Waals surface area contributed by atoms with Crippen molar-refractivity contribution in [2.75, 3.05) is 13.6 Å². The normalized spacial score (nSPS) is 6.33. The van der Waals surface area contributed by atoms with Gasteiger partial charge in [0.1, 0.15) is 0 Å². The van der Waals surface area contributed by atoms with Gasteiger partial charge in [0.25, 0.3) is 0 Å². The molecule has 1 nitrogen and oxygen atoms in total. The van der Waals surface area contributed by atoms with Gasteiger partial charge in [-0.2, -0.15) is 0 Å². The zero-order valence-electron chi connectivity index (χ0n) is 3.65. The molecule has 0 heterocycles. The minimum Gasteiger partial charge on any atom is -0.309 e. The fourth-order valence-corrected chi connectivity index (χ4v) is 0.207. The fourth-order valence-electron chi connectivity index (χ4n) is 0.128. The second-order valence-corrected chi connectivity index (χ2v) is 1.04. The van der Waals surface area contributed by atoms with Gasteiger partial charge in [-0.05, 0) is 12.3 Å². The molecule has 0 unspecified atom stereocenters. The summed E-state index contributed by atoms with van der Waals surface area (Å²) in [5.41, 5.74) is 0. The van der Waals surface area contributed by atoms with Crippen molar-refractivity contribution in [1.29, 1.82) is 0 Å². The molecule has 0 bridgehead atoms. The topological polar surface area (TPSA) is 12.0 Å². The number of hydrogen-bond donors (Lipinski definition) is 2. The molecule has 0 saturated carbocycles. The van der Waals surface area contributed by atoms with E-state index in [0.717, 1.165) is 6.54 Å². The molecule has 6 heavy (non-hydrogen) atoms. The van der Waals surface area contributed by atoms with Gasteiger partial charge in [-0.25, -0.2) is 0 Å². The first kappa shape index (κ1) is 5.87.